The highest BCUT2D eigenvalue weighted by molar-refractivity contribution is 7.10. The van der Waals surface area contributed by atoms with Crippen molar-refractivity contribution < 1.29 is 33.4 Å². The lowest BCUT2D eigenvalue weighted by molar-refractivity contribution is -0.155. The van der Waals surface area contributed by atoms with Crippen LogP contribution in [0.3, 0.4) is 0 Å². The Labute approximate surface area is 396 Å². The monoisotopic (exact) mass is 938 g/mol. The fourth-order valence-corrected chi connectivity index (χ4v) is 10.8. The number of rotatable bonds is 9. The van der Waals surface area contributed by atoms with Crippen LogP contribution >= 0.6 is 11.3 Å². The van der Waals surface area contributed by atoms with Crippen LogP contribution in [0.15, 0.2) is 41.9 Å². The largest absolute Gasteiger partial charge is 0.464 e. The molecule has 0 saturated carbocycles. The smallest absolute Gasteiger partial charge is 0.324 e. The molecule has 1 unspecified atom stereocenters. The lowest BCUT2D eigenvalue weighted by Crippen LogP contribution is -2.63. The van der Waals surface area contributed by atoms with Crippen molar-refractivity contribution in [2.45, 2.75) is 117 Å². The number of benzene rings is 1. The molecule has 3 saturated heterocycles. The number of hydrogen-bond acceptors (Lipinski definition) is 12. The van der Waals surface area contributed by atoms with E-state index in [4.69, 9.17) is 19.4 Å². The fourth-order valence-electron chi connectivity index (χ4n) is 9.98. The van der Waals surface area contributed by atoms with Crippen molar-refractivity contribution in [2.75, 3.05) is 53.5 Å². The summed E-state index contributed by atoms with van der Waals surface area (Å²) in [6, 6.07) is 6.96. The van der Waals surface area contributed by atoms with Gasteiger partial charge in [0.25, 0.3) is 5.91 Å². The summed E-state index contributed by atoms with van der Waals surface area (Å²) in [6.45, 7) is 16.9. The number of hydrazine groups is 1. The molecule has 1 aromatic carbocycles. The average Bonchev–Trinajstić information content (AvgIpc) is 4.00. The molecule has 8 rings (SSSR count). The molecule has 4 aliphatic rings. The van der Waals surface area contributed by atoms with Crippen LogP contribution in [-0.2, 0) is 48.0 Å². The minimum Gasteiger partial charge on any atom is -0.464 e. The Morgan fingerprint density at radius 3 is 2.60 bits per heavy atom. The van der Waals surface area contributed by atoms with Crippen molar-refractivity contribution >= 4 is 52.0 Å². The predicted octanol–water partition coefficient (Wildman–Crippen LogP) is 4.78. The molecule has 67 heavy (non-hydrogen) atoms. The van der Waals surface area contributed by atoms with Crippen molar-refractivity contribution in [3.05, 3.63) is 58.2 Å². The van der Waals surface area contributed by atoms with Crippen LogP contribution in [0.25, 0.3) is 33.4 Å². The van der Waals surface area contributed by atoms with E-state index >= 15 is 0 Å². The van der Waals surface area contributed by atoms with Gasteiger partial charge in [-0.05, 0) is 75.8 Å². The first kappa shape index (κ1) is 48.0. The normalized spacial score (nSPS) is 23.1. The number of fused-ring (bicyclic) bond motifs is 6. The SMILES string of the molecule is CCn1c(-c2cccnc2[C@H](C)OC)c2c3cc(ccc31)-c1csc(n1)C[C@H](NC(=O)C(C(C)C)N(C)C(=O)N1CCN(C(=O)[C@@H]3CN3)[C@@H](C)C1)C(=O)N1CCC[C@H](N1)C(=O)OCC(C)(C)C2. The Bertz CT molecular complexity index is 2520. The van der Waals surface area contributed by atoms with E-state index in [-0.39, 0.29) is 49.1 Å². The van der Waals surface area contributed by atoms with Gasteiger partial charge in [0.2, 0.25) is 11.8 Å². The summed E-state index contributed by atoms with van der Waals surface area (Å²) in [5.74, 6) is -1.63. The number of nitrogens with one attached hydrogen (secondary N) is 3. The number of aryl methyl sites for hydroxylation is 1. The molecule has 3 fully saturated rings. The summed E-state index contributed by atoms with van der Waals surface area (Å²) in [5, 5.41) is 11.2. The Balaban J connectivity index is 1.13. The molecular formula is C49H66N10O7S. The zero-order chi connectivity index (χ0) is 47.9. The molecule has 6 bridgehead atoms. The average molecular weight is 939 g/mol. The van der Waals surface area contributed by atoms with Gasteiger partial charge in [-0.25, -0.2) is 15.2 Å². The lowest BCUT2D eigenvalue weighted by atomic mass is 9.84. The van der Waals surface area contributed by atoms with Gasteiger partial charge in [-0.1, -0.05) is 33.8 Å². The standard InChI is InChI=1S/C49H66N10O7S/c1-10-57-39-16-15-31-21-33(39)34(43(57)32-13-11-17-50-41(32)30(5)65-9)23-49(6,7)27-66-47(63)35-14-12-18-59(54-35)46(62)36(22-40-52-38(31)26-67-40)53-44(60)42(28(2)3)55(8)48(64)56-19-20-58(29(4)25-56)45(61)37-24-51-37/h11,13,15-17,21,26,28-30,35-37,42,51,54H,10,12,14,18-20,22-25,27H2,1-9H3,(H,53,60)/t29-,30-,35-,36-,37-,42?/m0/s1. The van der Waals surface area contributed by atoms with Gasteiger partial charge in [0.15, 0.2) is 0 Å². The molecule has 17 nitrogen and oxygen atoms in total. The fraction of sp³-hybridized carbons (Fsp3) is 0.571. The van der Waals surface area contributed by atoms with Crippen LogP contribution in [0, 0.1) is 11.3 Å². The first-order valence-electron chi connectivity index (χ1n) is 23.7. The zero-order valence-electron chi connectivity index (χ0n) is 40.3. The van der Waals surface area contributed by atoms with Gasteiger partial charge in [0.05, 0.1) is 40.8 Å². The Morgan fingerprint density at radius 2 is 1.90 bits per heavy atom. The summed E-state index contributed by atoms with van der Waals surface area (Å²) in [5.41, 5.74) is 9.28. The Hall–Kier alpha value is -5.43. The topological polar surface area (TPSA) is 193 Å². The second-order valence-corrected chi connectivity index (χ2v) is 20.6. The molecule has 0 aliphatic carbocycles. The molecule has 3 aromatic heterocycles. The molecular weight excluding hydrogens is 873 g/mol. The molecule has 0 spiro atoms. The third-order valence-corrected chi connectivity index (χ3v) is 14.5. The van der Waals surface area contributed by atoms with E-state index in [2.05, 4.69) is 65.7 Å². The molecule has 0 radical (unpaired) electrons. The number of urea groups is 1. The third kappa shape index (κ3) is 9.94. The number of nitrogens with zero attached hydrogens (tertiary/aromatic N) is 7. The number of methoxy groups -OCH3 is 1. The second kappa shape index (κ2) is 19.7. The van der Waals surface area contributed by atoms with Crippen LogP contribution < -0.4 is 16.1 Å². The highest BCUT2D eigenvalue weighted by atomic mass is 32.1. The summed E-state index contributed by atoms with van der Waals surface area (Å²) in [6.07, 6.45) is 3.20. The molecule has 4 aromatic rings. The number of amides is 5. The maximum atomic E-state index is 14.7. The maximum Gasteiger partial charge on any atom is 0.324 e. The number of thiazole rings is 1. The van der Waals surface area contributed by atoms with Gasteiger partial charge in [-0.2, -0.15) is 0 Å². The van der Waals surface area contributed by atoms with Crippen LogP contribution in [0.4, 0.5) is 4.79 Å². The molecule has 360 valence electrons. The predicted molar refractivity (Wildman–Crippen MR) is 256 cm³/mol. The van der Waals surface area contributed by atoms with Crippen LogP contribution in [0.1, 0.15) is 83.7 Å². The van der Waals surface area contributed by atoms with Crippen LogP contribution in [-0.4, -0.2) is 148 Å². The molecule has 4 aliphatic heterocycles. The summed E-state index contributed by atoms with van der Waals surface area (Å²) < 4.78 is 14.2. The van der Waals surface area contributed by atoms with Crippen LogP contribution in [0.5, 0.6) is 0 Å². The number of piperazine rings is 1. The maximum absolute atomic E-state index is 14.7. The summed E-state index contributed by atoms with van der Waals surface area (Å²) >= 11 is 1.41. The highest BCUT2D eigenvalue weighted by Gasteiger charge is 2.42. The van der Waals surface area contributed by atoms with Crippen molar-refractivity contribution in [3.8, 4) is 22.5 Å². The van der Waals surface area contributed by atoms with Crippen molar-refractivity contribution in [3.63, 3.8) is 0 Å². The van der Waals surface area contributed by atoms with Gasteiger partial charge < -0.3 is 39.4 Å². The number of hydrogen-bond donors (Lipinski definition) is 3. The van der Waals surface area contributed by atoms with E-state index in [0.29, 0.717) is 63.5 Å². The van der Waals surface area contributed by atoms with E-state index < -0.39 is 41.3 Å². The molecule has 5 amide bonds. The second-order valence-electron chi connectivity index (χ2n) is 19.6. The zero-order valence-corrected chi connectivity index (χ0v) is 41.1. The number of ether oxygens (including phenoxy) is 2. The quantitative estimate of drug-likeness (QED) is 0.155. The summed E-state index contributed by atoms with van der Waals surface area (Å²) in [7, 11) is 3.30. The number of pyridine rings is 1. The minimum absolute atomic E-state index is 0.0454. The van der Waals surface area contributed by atoms with Gasteiger partial charge in [0.1, 0.15) is 18.1 Å². The third-order valence-electron chi connectivity index (χ3n) is 13.7. The van der Waals surface area contributed by atoms with E-state index in [1.54, 1.807) is 25.3 Å². The van der Waals surface area contributed by atoms with Crippen molar-refractivity contribution in [2.24, 2.45) is 11.3 Å². The van der Waals surface area contributed by atoms with Crippen molar-refractivity contribution in [1.29, 1.82) is 0 Å². The number of aromatic nitrogens is 3. The van der Waals surface area contributed by atoms with E-state index in [1.165, 1.54) is 21.2 Å². The number of esters is 1. The molecule has 6 atom stereocenters. The number of cyclic esters (lactones) is 1. The van der Waals surface area contributed by atoms with Crippen LogP contribution in [0.2, 0.25) is 0 Å². The number of carbonyl (C=O) groups is 5. The number of likely N-dealkylation sites (N-methyl/N-ethyl adjacent to an activating group) is 1. The lowest BCUT2D eigenvalue weighted by Gasteiger charge is -2.42. The minimum atomic E-state index is -1.08. The van der Waals surface area contributed by atoms with E-state index in [1.807, 2.05) is 44.0 Å². The number of carbonyl (C=O) groups excluding carboxylic acids is 5. The first-order chi connectivity index (χ1) is 32.0. The first-order valence-corrected chi connectivity index (χ1v) is 24.6. The molecule has 18 heteroatoms. The van der Waals surface area contributed by atoms with E-state index in [0.717, 1.165) is 44.7 Å². The Kier molecular flexibility index (Phi) is 14.1. The van der Waals surface area contributed by atoms with E-state index in [9.17, 15) is 24.0 Å². The van der Waals surface area contributed by atoms with Gasteiger partial charge in [-0.3, -0.25) is 29.2 Å². The molecule has 7 heterocycles. The Morgan fingerprint density at radius 1 is 1.12 bits per heavy atom. The van der Waals surface area contributed by atoms with Gasteiger partial charge in [0, 0.05) is 105 Å². The van der Waals surface area contributed by atoms with Crippen molar-refractivity contribution in [1.82, 2.24) is 50.3 Å². The summed E-state index contributed by atoms with van der Waals surface area (Å²) in [4.78, 5) is 84.9. The highest BCUT2D eigenvalue weighted by Crippen LogP contribution is 2.42. The van der Waals surface area contributed by atoms with Gasteiger partial charge in [-0.15, -0.1) is 11.3 Å². The van der Waals surface area contributed by atoms with Gasteiger partial charge >= 0.3 is 12.0 Å². The molecule has 3 N–H and O–H groups in total.